The zero-order chi connectivity index (χ0) is 25.4. The van der Waals surface area contributed by atoms with E-state index in [9.17, 15) is 40.2 Å². The van der Waals surface area contributed by atoms with Crippen molar-refractivity contribution in [2.75, 3.05) is 13.2 Å². The molecule has 3 aliphatic rings. The Morgan fingerprint density at radius 3 is 2.09 bits per heavy atom. The van der Waals surface area contributed by atoms with E-state index >= 15 is 0 Å². The molecular formula is C22H35NO11. The fraction of sp³-hybridized carbons (Fsp3) is 0.818. The maximum Gasteiger partial charge on any atom is 0.187 e. The Kier molecular flexibility index (Phi) is 8.49. The number of nitrogens with one attached hydrogen (secondary N) is 1. The Morgan fingerprint density at radius 2 is 1.53 bits per heavy atom. The lowest BCUT2D eigenvalue weighted by Crippen LogP contribution is -2.66. The van der Waals surface area contributed by atoms with Gasteiger partial charge in [-0.25, -0.2) is 0 Å². The molecule has 0 amide bonds. The summed E-state index contributed by atoms with van der Waals surface area (Å²) in [5.41, 5.74) is -0.431. The van der Waals surface area contributed by atoms with E-state index in [0.717, 1.165) is 0 Å². The molecule has 1 aliphatic carbocycles. The molecule has 3 rings (SSSR count). The number of ketones is 2. The molecule has 7 N–H and O–H groups in total. The van der Waals surface area contributed by atoms with Crippen molar-refractivity contribution < 1.29 is 54.4 Å². The number of carbonyl (C=O) groups is 2. The molecule has 34 heavy (non-hydrogen) atoms. The van der Waals surface area contributed by atoms with E-state index in [1.807, 2.05) is 13.8 Å². The van der Waals surface area contributed by atoms with Crippen molar-refractivity contribution in [2.45, 2.75) is 94.8 Å². The van der Waals surface area contributed by atoms with Gasteiger partial charge in [-0.2, -0.15) is 0 Å². The van der Waals surface area contributed by atoms with Crippen molar-refractivity contribution in [2.24, 2.45) is 5.41 Å². The molecule has 0 aromatic rings. The van der Waals surface area contributed by atoms with Crippen molar-refractivity contribution in [3.63, 3.8) is 0 Å². The van der Waals surface area contributed by atoms with Gasteiger partial charge in [0.05, 0.1) is 30.9 Å². The molecule has 2 heterocycles. The van der Waals surface area contributed by atoms with Gasteiger partial charge in [-0.05, 0) is 12.3 Å². The average molecular weight is 490 g/mol. The lowest BCUT2D eigenvalue weighted by Gasteiger charge is -2.47. The van der Waals surface area contributed by atoms with Crippen molar-refractivity contribution in [3.05, 3.63) is 11.8 Å². The Labute approximate surface area is 197 Å². The highest BCUT2D eigenvalue weighted by Gasteiger charge is 2.50. The molecule has 0 aromatic heterocycles. The third kappa shape index (κ3) is 5.50. The van der Waals surface area contributed by atoms with Gasteiger partial charge in [0.1, 0.15) is 42.7 Å². The normalized spacial score (nSPS) is 43.0. The molecule has 0 bridgehead atoms. The van der Waals surface area contributed by atoms with Gasteiger partial charge >= 0.3 is 0 Å². The minimum atomic E-state index is -1.71. The zero-order valence-electron chi connectivity index (χ0n) is 19.4. The molecule has 2 aliphatic heterocycles. The van der Waals surface area contributed by atoms with Crippen LogP contribution in [0, 0.1) is 5.41 Å². The lowest BCUT2D eigenvalue weighted by atomic mass is 9.74. The summed E-state index contributed by atoms with van der Waals surface area (Å²) in [6.07, 6.45) is -10.4. The minimum absolute atomic E-state index is 0.00518. The SMILES string of the molecule is C[C@@H]1OC(CO)[C@@H](O[C@@H]2OC(CO)[C@H](O)[C@H](O)C2O)[C@H](O)C1NC=C1C(=O)CC(C)(C)CC1=O. The number of aliphatic hydroxyl groups excluding tert-OH is 6. The highest BCUT2D eigenvalue weighted by atomic mass is 16.7. The van der Waals surface area contributed by atoms with Gasteiger partial charge in [0.15, 0.2) is 17.9 Å². The maximum absolute atomic E-state index is 12.4. The van der Waals surface area contributed by atoms with E-state index in [2.05, 4.69) is 5.32 Å². The van der Waals surface area contributed by atoms with E-state index in [4.69, 9.17) is 14.2 Å². The van der Waals surface area contributed by atoms with Gasteiger partial charge in [-0.1, -0.05) is 13.8 Å². The summed E-state index contributed by atoms with van der Waals surface area (Å²) in [5.74, 6) is -0.620. The molecule has 1 saturated carbocycles. The van der Waals surface area contributed by atoms with E-state index in [1.54, 1.807) is 6.92 Å². The molecule has 12 heteroatoms. The van der Waals surface area contributed by atoms with Crippen LogP contribution in [-0.2, 0) is 23.8 Å². The number of hydrogen-bond donors (Lipinski definition) is 7. The molecule has 2 saturated heterocycles. The van der Waals surface area contributed by atoms with E-state index < -0.39 is 79.8 Å². The maximum atomic E-state index is 12.4. The summed E-state index contributed by atoms with van der Waals surface area (Å²) in [6, 6.07) is -0.874. The lowest BCUT2D eigenvalue weighted by molar-refractivity contribution is -0.335. The predicted molar refractivity (Wildman–Crippen MR) is 114 cm³/mol. The monoisotopic (exact) mass is 489 g/mol. The summed E-state index contributed by atoms with van der Waals surface area (Å²) < 4.78 is 16.7. The second-order valence-electron chi connectivity index (χ2n) is 9.97. The number of ether oxygens (including phenoxy) is 3. The first kappa shape index (κ1) is 27.1. The number of carbonyl (C=O) groups excluding carboxylic acids is 2. The molecule has 0 aromatic carbocycles. The summed E-state index contributed by atoms with van der Waals surface area (Å²) >= 11 is 0. The molecule has 0 radical (unpaired) electrons. The highest BCUT2D eigenvalue weighted by molar-refractivity contribution is 6.22. The van der Waals surface area contributed by atoms with Gasteiger partial charge < -0.3 is 50.2 Å². The van der Waals surface area contributed by atoms with Crippen molar-refractivity contribution in [1.29, 1.82) is 0 Å². The summed E-state index contributed by atoms with van der Waals surface area (Å²) in [4.78, 5) is 24.9. The van der Waals surface area contributed by atoms with Crippen LogP contribution >= 0.6 is 0 Å². The van der Waals surface area contributed by atoms with Crippen LogP contribution in [0.1, 0.15) is 33.6 Å². The van der Waals surface area contributed by atoms with Crippen LogP contribution in [0.5, 0.6) is 0 Å². The second kappa shape index (κ2) is 10.6. The van der Waals surface area contributed by atoms with Gasteiger partial charge in [-0.15, -0.1) is 0 Å². The standard InChI is InChI=1S/C22H35NO11/c1-9-15(23-6-10-11(26)4-22(2,3)5-12(10)27)17(29)20(14(8-25)32-9)34-21-19(31)18(30)16(28)13(7-24)33-21/h6,9,13-21,23-25,28-31H,4-5,7-8H2,1-3H3/t9-,13?,14?,15?,16-,17+,18-,19?,20+,21-/m0/s1. The molecule has 0 spiro atoms. The first-order chi connectivity index (χ1) is 15.9. The zero-order valence-corrected chi connectivity index (χ0v) is 19.4. The van der Waals surface area contributed by atoms with Gasteiger partial charge in [0, 0.05) is 19.0 Å². The number of Topliss-reactive ketones (excluding diaryl/α,β-unsaturated/α-hetero) is 2. The Morgan fingerprint density at radius 1 is 0.941 bits per heavy atom. The van der Waals surface area contributed by atoms with E-state index in [-0.39, 0.29) is 30.0 Å². The number of hydrogen-bond acceptors (Lipinski definition) is 12. The molecular weight excluding hydrogens is 454 g/mol. The van der Waals surface area contributed by atoms with Crippen LogP contribution in [0.15, 0.2) is 11.8 Å². The summed E-state index contributed by atoms with van der Waals surface area (Å²) in [7, 11) is 0. The Balaban J connectivity index is 1.76. The van der Waals surface area contributed by atoms with Gasteiger partial charge in [0.2, 0.25) is 0 Å². The number of rotatable bonds is 6. The summed E-state index contributed by atoms with van der Waals surface area (Å²) in [5, 5.41) is 63.2. The van der Waals surface area contributed by atoms with E-state index in [1.165, 1.54) is 6.20 Å². The first-order valence-electron chi connectivity index (χ1n) is 11.3. The third-order valence-electron chi connectivity index (χ3n) is 6.58. The van der Waals surface area contributed by atoms with Crippen molar-refractivity contribution >= 4 is 11.6 Å². The van der Waals surface area contributed by atoms with Crippen LogP contribution in [0.25, 0.3) is 0 Å². The van der Waals surface area contributed by atoms with Crippen LogP contribution in [0.3, 0.4) is 0 Å². The predicted octanol–water partition coefficient (Wildman–Crippen LogP) is -2.89. The summed E-state index contributed by atoms with van der Waals surface area (Å²) in [6.45, 7) is 4.09. The van der Waals surface area contributed by atoms with Crippen LogP contribution in [0.4, 0.5) is 0 Å². The molecule has 12 nitrogen and oxygen atoms in total. The van der Waals surface area contributed by atoms with Crippen molar-refractivity contribution in [3.8, 4) is 0 Å². The average Bonchev–Trinajstić information content (AvgIpc) is 2.75. The number of aliphatic hydroxyl groups is 6. The largest absolute Gasteiger partial charge is 0.394 e. The minimum Gasteiger partial charge on any atom is -0.394 e. The fourth-order valence-corrected chi connectivity index (χ4v) is 4.64. The molecule has 10 atom stereocenters. The molecule has 194 valence electrons. The van der Waals surface area contributed by atoms with Crippen LogP contribution < -0.4 is 5.32 Å². The topological polar surface area (TPSA) is 195 Å². The van der Waals surface area contributed by atoms with Crippen LogP contribution in [-0.4, -0.2) is 117 Å². The van der Waals surface area contributed by atoms with Gasteiger partial charge in [-0.3, -0.25) is 9.59 Å². The smallest absolute Gasteiger partial charge is 0.187 e. The van der Waals surface area contributed by atoms with Crippen molar-refractivity contribution in [1.82, 2.24) is 5.32 Å². The van der Waals surface area contributed by atoms with E-state index in [0.29, 0.717) is 0 Å². The molecule has 3 fully saturated rings. The highest BCUT2D eigenvalue weighted by Crippen LogP contribution is 2.34. The Bertz CT molecular complexity index is 763. The number of allylic oxidation sites excluding steroid dienone is 1. The quantitative estimate of drug-likeness (QED) is 0.149. The Hall–Kier alpha value is -1.48. The second-order valence-corrected chi connectivity index (χ2v) is 9.97. The third-order valence-corrected chi connectivity index (χ3v) is 6.58. The van der Waals surface area contributed by atoms with Crippen LogP contribution in [0.2, 0.25) is 0 Å². The molecule has 4 unspecified atom stereocenters. The van der Waals surface area contributed by atoms with Gasteiger partial charge in [0.25, 0.3) is 0 Å². The first-order valence-corrected chi connectivity index (χ1v) is 11.3. The fourth-order valence-electron chi connectivity index (χ4n) is 4.64.